The maximum Gasteiger partial charge on any atom is 0.170 e. The average molecular weight is 319 g/mol. The van der Waals surface area contributed by atoms with Crippen LogP contribution in [0.3, 0.4) is 0 Å². The summed E-state index contributed by atoms with van der Waals surface area (Å²) >= 11 is 11.1. The summed E-state index contributed by atoms with van der Waals surface area (Å²) in [6.07, 6.45) is 2.04. The van der Waals surface area contributed by atoms with Gasteiger partial charge in [0.25, 0.3) is 0 Å². The zero-order valence-electron chi connectivity index (χ0n) is 12.0. The van der Waals surface area contributed by atoms with E-state index in [9.17, 15) is 0 Å². The van der Waals surface area contributed by atoms with Crippen LogP contribution in [0.4, 0.5) is 5.69 Å². The Morgan fingerprint density at radius 2 is 1.71 bits per heavy atom. The van der Waals surface area contributed by atoms with E-state index in [4.69, 9.17) is 23.8 Å². The van der Waals surface area contributed by atoms with Gasteiger partial charge in [-0.25, -0.2) is 0 Å². The van der Waals surface area contributed by atoms with Crippen molar-refractivity contribution in [1.29, 1.82) is 0 Å². The van der Waals surface area contributed by atoms with Crippen LogP contribution in [0.1, 0.15) is 17.5 Å². The monoisotopic (exact) mass is 318 g/mol. The minimum atomic E-state index is 0.662. The van der Waals surface area contributed by atoms with E-state index in [1.54, 1.807) is 0 Å². The lowest BCUT2D eigenvalue weighted by Crippen LogP contribution is -2.29. The lowest BCUT2D eigenvalue weighted by atomic mass is 10.1. The molecule has 4 heteroatoms. The second kappa shape index (κ2) is 8.01. The van der Waals surface area contributed by atoms with Crippen molar-refractivity contribution >= 4 is 34.6 Å². The lowest BCUT2D eigenvalue weighted by molar-refractivity contribution is 0.777. The summed E-state index contributed by atoms with van der Waals surface area (Å²) in [6.45, 7) is 2.91. The Hall–Kier alpha value is -1.58. The minimum Gasteiger partial charge on any atom is -0.362 e. The van der Waals surface area contributed by atoms with Gasteiger partial charge in [0.2, 0.25) is 0 Å². The van der Waals surface area contributed by atoms with Gasteiger partial charge in [0, 0.05) is 17.3 Å². The molecule has 0 bridgehead atoms. The Morgan fingerprint density at radius 3 is 2.38 bits per heavy atom. The number of thiocarbonyl (C=S) groups is 1. The predicted octanol–water partition coefficient (Wildman–Crippen LogP) is 4.57. The molecular weight excluding hydrogens is 300 g/mol. The molecule has 0 aliphatic carbocycles. The first-order chi connectivity index (χ1) is 10.1. The molecule has 110 valence electrons. The third-order valence-corrected chi connectivity index (χ3v) is 3.65. The molecule has 0 amide bonds. The van der Waals surface area contributed by atoms with Crippen molar-refractivity contribution in [3.8, 4) is 0 Å². The van der Waals surface area contributed by atoms with Gasteiger partial charge in [-0.05, 0) is 61.8 Å². The summed E-state index contributed by atoms with van der Waals surface area (Å²) in [7, 11) is 0. The normalized spacial score (nSPS) is 10.2. The first kappa shape index (κ1) is 15.8. The molecule has 0 aliphatic heterocycles. The quantitative estimate of drug-likeness (QED) is 0.624. The maximum absolute atomic E-state index is 5.86. The molecule has 2 aromatic carbocycles. The van der Waals surface area contributed by atoms with Gasteiger partial charge < -0.3 is 10.6 Å². The molecule has 0 aromatic heterocycles. The molecule has 0 radical (unpaired) electrons. The van der Waals surface area contributed by atoms with Gasteiger partial charge in [0.1, 0.15) is 0 Å². The van der Waals surface area contributed by atoms with Gasteiger partial charge in [0.15, 0.2) is 5.11 Å². The van der Waals surface area contributed by atoms with Crippen molar-refractivity contribution in [3.63, 3.8) is 0 Å². The molecular formula is C17H19ClN2S. The van der Waals surface area contributed by atoms with E-state index < -0.39 is 0 Å². The number of hydrogen-bond donors (Lipinski definition) is 2. The van der Waals surface area contributed by atoms with Crippen molar-refractivity contribution in [2.75, 3.05) is 11.9 Å². The number of hydrogen-bond acceptors (Lipinski definition) is 1. The van der Waals surface area contributed by atoms with Crippen molar-refractivity contribution in [2.24, 2.45) is 0 Å². The van der Waals surface area contributed by atoms with E-state index >= 15 is 0 Å². The molecule has 2 nitrogen and oxygen atoms in total. The number of rotatable bonds is 5. The third-order valence-electron chi connectivity index (χ3n) is 3.15. The van der Waals surface area contributed by atoms with Crippen LogP contribution in [0.5, 0.6) is 0 Å². The number of benzene rings is 2. The fourth-order valence-electron chi connectivity index (χ4n) is 1.96. The highest BCUT2D eigenvalue weighted by molar-refractivity contribution is 7.80. The molecule has 0 heterocycles. The van der Waals surface area contributed by atoms with E-state index in [0.717, 1.165) is 30.1 Å². The van der Waals surface area contributed by atoms with Crippen molar-refractivity contribution in [1.82, 2.24) is 5.32 Å². The van der Waals surface area contributed by atoms with Gasteiger partial charge in [-0.3, -0.25) is 0 Å². The second-order valence-corrected chi connectivity index (χ2v) is 5.82. The summed E-state index contributed by atoms with van der Waals surface area (Å²) in [6, 6.07) is 16.1. The van der Waals surface area contributed by atoms with E-state index in [2.05, 4.69) is 41.8 Å². The SMILES string of the molecule is Cc1ccc(NC(=S)NCCCc2ccc(Cl)cc2)cc1. The Labute approximate surface area is 136 Å². The van der Waals surface area contributed by atoms with E-state index in [1.165, 1.54) is 11.1 Å². The third kappa shape index (κ3) is 5.74. The van der Waals surface area contributed by atoms with Crippen LogP contribution in [0, 0.1) is 6.92 Å². The molecule has 0 atom stereocenters. The van der Waals surface area contributed by atoms with Crippen LogP contribution in [0.25, 0.3) is 0 Å². The lowest BCUT2D eigenvalue weighted by Gasteiger charge is -2.10. The molecule has 2 N–H and O–H groups in total. The molecule has 2 rings (SSSR count). The van der Waals surface area contributed by atoms with Gasteiger partial charge in [0.05, 0.1) is 0 Å². The van der Waals surface area contributed by atoms with Crippen molar-refractivity contribution in [2.45, 2.75) is 19.8 Å². The van der Waals surface area contributed by atoms with E-state index in [-0.39, 0.29) is 0 Å². The van der Waals surface area contributed by atoms with Crippen LogP contribution in [-0.4, -0.2) is 11.7 Å². The molecule has 0 fully saturated rings. The Kier molecular flexibility index (Phi) is 6.03. The number of anilines is 1. The predicted molar refractivity (Wildman–Crippen MR) is 95.2 cm³/mol. The topological polar surface area (TPSA) is 24.1 Å². The number of halogens is 1. The summed E-state index contributed by atoms with van der Waals surface area (Å²) < 4.78 is 0. The second-order valence-electron chi connectivity index (χ2n) is 4.98. The highest BCUT2D eigenvalue weighted by Crippen LogP contribution is 2.11. The minimum absolute atomic E-state index is 0.662. The van der Waals surface area contributed by atoms with Crippen LogP contribution >= 0.6 is 23.8 Å². The van der Waals surface area contributed by atoms with E-state index in [1.807, 2.05) is 24.3 Å². The van der Waals surface area contributed by atoms with Crippen molar-refractivity contribution < 1.29 is 0 Å². The fourth-order valence-corrected chi connectivity index (χ4v) is 2.30. The highest BCUT2D eigenvalue weighted by Gasteiger charge is 1.98. The fraction of sp³-hybridized carbons (Fsp3) is 0.235. The Bertz CT molecular complexity index is 579. The highest BCUT2D eigenvalue weighted by atomic mass is 35.5. The largest absolute Gasteiger partial charge is 0.362 e. The number of aryl methyl sites for hydroxylation is 2. The summed E-state index contributed by atoms with van der Waals surface area (Å²) in [5.74, 6) is 0. The van der Waals surface area contributed by atoms with Gasteiger partial charge in [-0.2, -0.15) is 0 Å². The summed E-state index contributed by atoms with van der Waals surface area (Å²) in [4.78, 5) is 0. The molecule has 0 unspecified atom stereocenters. The molecule has 0 aliphatic rings. The average Bonchev–Trinajstić information content (AvgIpc) is 2.48. The zero-order valence-corrected chi connectivity index (χ0v) is 13.6. The van der Waals surface area contributed by atoms with Crippen LogP contribution in [-0.2, 0) is 6.42 Å². The van der Waals surface area contributed by atoms with Crippen LogP contribution < -0.4 is 10.6 Å². The van der Waals surface area contributed by atoms with Crippen LogP contribution in [0.15, 0.2) is 48.5 Å². The Morgan fingerprint density at radius 1 is 1.05 bits per heavy atom. The van der Waals surface area contributed by atoms with Gasteiger partial charge >= 0.3 is 0 Å². The molecule has 0 spiro atoms. The zero-order chi connectivity index (χ0) is 15.1. The molecule has 21 heavy (non-hydrogen) atoms. The molecule has 2 aromatic rings. The summed E-state index contributed by atoms with van der Waals surface area (Å²) in [5, 5.41) is 7.84. The standard InChI is InChI=1S/C17H19ClN2S/c1-13-4-10-16(11-5-13)20-17(21)19-12-2-3-14-6-8-15(18)9-7-14/h4-11H,2-3,12H2,1H3,(H2,19,20,21). The smallest absolute Gasteiger partial charge is 0.170 e. The van der Waals surface area contributed by atoms with E-state index in [0.29, 0.717) is 5.11 Å². The summed E-state index contributed by atoms with van der Waals surface area (Å²) in [5.41, 5.74) is 3.54. The first-order valence-corrected chi connectivity index (χ1v) is 7.78. The Balaban J connectivity index is 1.67. The maximum atomic E-state index is 5.86. The van der Waals surface area contributed by atoms with Gasteiger partial charge in [-0.15, -0.1) is 0 Å². The molecule has 0 saturated heterocycles. The molecule has 0 saturated carbocycles. The first-order valence-electron chi connectivity index (χ1n) is 6.99. The number of nitrogens with one attached hydrogen (secondary N) is 2. The van der Waals surface area contributed by atoms with Gasteiger partial charge in [-0.1, -0.05) is 41.4 Å². The van der Waals surface area contributed by atoms with Crippen molar-refractivity contribution in [3.05, 3.63) is 64.7 Å². The van der Waals surface area contributed by atoms with Crippen LogP contribution in [0.2, 0.25) is 5.02 Å².